The molecule has 0 bridgehead atoms. The highest BCUT2D eigenvalue weighted by Gasteiger charge is 2.22. The zero-order valence-corrected chi connectivity index (χ0v) is 11.0. The lowest BCUT2D eigenvalue weighted by molar-refractivity contribution is -0.133. The van der Waals surface area contributed by atoms with Gasteiger partial charge in [0.1, 0.15) is 0 Å². The van der Waals surface area contributed by atoms with Gasteiger partial charge in [-0.1, -0.05) is 43.0 Å². The summed E-state index contributed by atoms with van der Waals surface area (Å²) in [5.74, 6) is -0.594. The minimum atomic E-state index is -0.795. The average Bonchev–Trinajstić information content (AvgIpc) is 2.38. The van der Waals surface area contributed by atoms with E-state index in [1.54, 1.807) is 18.2 Å². The number of halogens is 1. The van der Waals surface area contributed by atoms with Gasteiger partial charge < -0.3 is 5.11 Å². The quantitative estimate of drug-likeness (QED) is 0.822. The van der Waals surface area contributed by atoms with Gasteiger partial charge in [-0.15, -0.1) is 0 Å². The lowest BCUT2D eigenvalue weighted by atomic mass is 9.83. The largest absolute Gasteiger partial charge is 0.478 e. The van der Waals surface area contributed by atoms with Crippen LogP contribution in [0.15, 0.2) is 29.8 Å². The highest BCUT2D eigenvalue weighted by atomic mass is 35.5. The van der Waals surface area contributed by atoms with Crippen molar-refractivity contribution in [1.82, 2.24) is 0 Å². The molecule has 0 aliphatic heterocycles. The third-order valence-electron chi connectivity index (χ3n) is 3.48. The lowest BCUT2D eigenvalue weighted by Gasteiger charge is -2.22. The van der Waals surface area contributed by atoms with Crippen LogP contribution in [-0.2, 0) is 4.79 Å². The number of benzene rings is 1. The number of hydrogen-bond donors (Lipinski definition) is 1. The van der Waals surface area contributed by atoms with E-state index in [0.717, 1.165) is 31.2 Å². The first-order valence-electron chi connectivity index (χ1n) is 6.37. The third-order valence-corrected chi connectivity index (χ3v) is 3.74. The summed E-state index contributed by atoms with van der Waals surface area (Å²) in [6, 6.07) is 7.28. The summed E-state index contributed by atoms with van der Waals surface area (Å²) in [5, 5.41) is 10.0. The monoisotopic (exact) mass is 264 g/mol. The summed E-state index contributed by atoms with van der Waals surface area (Å²) in [6.45, 7) is 0. The average molecular weight is 265 g/mol. The van der Waals surface area contributed by atoms with Crippen molar-refractivity contribution < 1.29 is 9.90 Å². The molecule has 1 fully saturated rings. The summed E-state index contributed by atoms with van der Waals surface area (Å²) in [4.78, 5) is 11.4. The van der Waals surface area contributed by atoms with Crippen molar-refractivity contribution in [2.75, 3.05) is 0 Å². The Morgan fingerprint density at radius 3 is 2.33 bits per heavy atom. The Bertz CT molecular complexity index is 442. The highest BCUT2D eigenvalue weighted by Crippen LogP contribution is 2.31. The molecular formula is C15H17ClO2. The van der Waals surface area contributed by atoms with Gasteiger partial charge in [0.05, 0.1) is 0 Å². The summed E-state index contributed by atoms with van der Waals surface area (Å²) in [7, 11) is 0. The fourth-order valence-electron chi connectivity index (χ4n) is 2.51. The SMILES string of the molecule is O=C(O)/C(=C/c1ccc(Cl)cc1)C1CCCCC1. The van der Waals surface area contributed by atoms with Crippen LogP contribution in [0, 0.1) is 5.92 Å². The standard InChI is InChI=1S/C15H17ClO2/c16-13-8-6-11(7-9-13)10-14(15(17)18)12-4-2-1-3-5-12/h6-10,12H,1-5H2,(H,17,18)/b14-10+. The van der Waals surface area contributed by atoms with Crippen LogP contribution in [0.1, 0.15) is 37.7 Å². The van der Waals surface area contributed by atoms with Gasteiger partial charge in [0, 0.05) is 10.6 Å². The zero-order valence-electron chi connectivity index (χ0n) is 10.2. The molecule has 0 unspecified atom stereocenters. The maximum absolute atomic E-state index is 11.4. The second-order valence-corrected chi connectivity index (χ2v) is 5.23. The molecule has 0 saturated heterocycles. The molecule has 1 saturated carbocycles. The second-order valence-electron chi connectivity index (χ2n) is 4.79. The van der Waals surface area contributed by atoms with Gasteiger partial charge in [0.25, 0.3) is 0 Å². The maximum Gasteiger partial charge on any atom is 0.331 e. The Balaban J connectivity index is 2.23. The first-order chi connectivity index (χ1) is 8.66. The van der Waals surface area contributed by atoms with E-state index < -0.39 is 5.97 Å². The van der Waals surface area contributed by atoms with Gasteiger partial charge in [-0.2, -0.15) is 0 Å². The van der Waals surface area contributed by atoms with Gasteiger partial charge >= 0.3 is 5.97 Å². The molecule has 0 atom stereocenters. The summed E-state index contributed by atoms with van der Waals surface area (Å²) in [5.41, 5.74) is 1.44. The van der Waals surface area contributed by atoms with Gasteiger partial charge in [-0.25, -0.2) is 4.79 Å². The van der Waals surface area contributed by atoms with E-state index in [9.17, 15) is 9.90 Å². The summed E-state index contributed by atoms with van der Waals surface area (Å²) < 4.78 is 0. The minimum Gasteiger partial charge on any atom is -0.478 e. The third kappa shape index (κ3) is 3.36. The normalized spacial score (nSPS) is 17.7. The summed E-state index contributed by atoms with van der Waals surface area (Å²) >= 11 is 5.82. The van der Waals surface area contributed by atoms with E-state index in [-0.39, 0.29) is 5.92 Å². The van der Waals surface area contributed by atoms with Crippen molar-refractivity contribution in [3.8, 4) is 0 Å². The molecule has 1 aromatic rings. The van der Waals surface area contributed by atoms with Gasteiger partial charge in [0.15, 0.2) is 0 Å². The molecule has 1 N–H and O–H groups in total. The molecule has 3 heteroatoms. The van der Waals surface area contributed by atoms with Crippen molar-refractivity contribution >= 4 is 23.6 Å². The lowest BCUT2D eigenvalue weighted by Crippen LogP contribution is -2.15. The van der Waals surface area contributed by atoms with E-state index in [0.29, 0.717) is 10.6 Å². The van der Waals surface area contributed by atoms with E-state index >= 15 is 0 Å². The van der Waals surface area contributed by atoms with Crippen molar-refractivity contribution in [3.63, 3.8) is 0 Å². The number of rotatable bonds is 3. The fraction of sp³-hybridized carbons (Fsp3) is 0.400. The smallest absolute Gasteiger partial charge is 0.331 e. The number of hydrogen-bond acceptors (Lipinski definition) is 1. The Morgan fingerprint density at radius 2 is 1.78 bits per heavy atom. The van der Waals surface area contributed by atoms with Gasteiger partial charge in [-0.05, 0) is 42.5 Å². The highest BCUT2D eigenvalue weighted by molar-refractivity contribution is 6.30. The molecule has 2 nitrogen and oxygen atoms in total. The van der Waals surface area contributed by atoms with Crippen LogP contribution in [0.25, 0.3) is 6.08 Å². The van der Waals surface area contributed by atoms with Crippen LogP contribution in [0.2, 0.25) is 5.02 Å². The molecular weight excluding hydrogens is 248 g/mol. The second kappa shape index (κ2) is 6.05. The topological polar surface area (TPSA) is 37.3 Å². The van der Waals surface area contributed by atoms with E-state index in [1.807, 2.05) is 12.1 Å². The van der Waals surface area contributed by atoms with E-state index in [4.69, 9.17) is 11.6 Å². The molecule has 0 heterocycles. The number of aliphatic carboxylic acids is 1. The molecule has 96 valence electrons. The first kappa shape index (κ1) is 13.2. The maximum atomic E-state index is 11.4. The van der Waals surface area contributed by atoms with Crippen LogP contribution in [0.5, 0.6) is 0 Å². The predicted molar refractivity (Wildman–Crippen MR) is 73.6 cm³/mol. The van der Waals surface area contributed by atoms with Crippen LogP contribution in [0.4, 0.5) is 0 Å². The molecule has 0 radical (unpaired) electrons. The van der Waals surface area contributed by atoms with Gasteiger partial charge in [-0.3, -0.25) is 0 Å². The molecule has 0 amide bonds. The van der Waals surface area contributed by atoms with E-state index in [2.05, 4.69) is 0 Å². The van der Waals surface area contributed by atoms with Crippen LogP contribution in [0.3, 0.4) is 0 Å². The van der Waals surface area contributed by atoms with Crippen LogP contribution >= 0.6 is 11.6 Å². The van der Waals surface area contributed by atoms with Crippen molar-refractivity contribution in [1.29, 1.82) is 0 Å². The Kier molecular flexibility index (Phi) is 4.43. The molecule has 1 aliphatic carbocycles. The van der Waals surface area contributed by atoms with Crippen LogP contribution in [-0.4, -0.2) is 11.1 Å². The zero-order chi connectivity index (χ0) is 13.0. The molecule has 2 rings (SSSR count). The first-order valence-corrected chi connectivity index (χ1v) is 6.75. The van der Waals surface area contributed by atoms with E-state index in [1.165, 1.54) is 6.42 Å². The molecule has 1 aromatic carbocycles. The Hall–Kier alpha value is -1.28. The Labute approximate surface area is 112 Å². The fourth-order valence-corrected chi connectivity index (χ4v) is 2.63. The van der Waals surface area contributed by atoms with Gasteiger partial charge in [0.2, 0.25) is 0 Å². The number of carbonyl (C=O) groups is 1. The summed E-state index contributed by atoms with van der Waals surface area (Å²) in [6.07, 6.45) is 7.27. The number of carboxylic acids is 1. The van der Waals surface area contributed by atoms with Crippen LogP contribution < -0.4 is 0 Å². The van der Waals surface area contributed by atoms with Crippen molar-refractivity contribution in [3.05, 3.63) is 40.4 Å². The number of carboxylic acid groups (broad SMARTS) is 1. The predicted octanol–water partition coefficient (Wildman–Crippen LogP) is 4.39. The molecule has 0 aromatic heterocycles. The molecule has 0 spiro atoms. The Morgan fingerprint density at radius 1 is 1.17 bits per heavy atom. The molecule has 18 heavy (non-hydrogen) atoms. The molecule has 1 aliphatic rings. The van der Waals surface area contributed by atoms with Crippen molar-refractivity contribution in [2.45, 2.75) is 32.1 Å². The van der Waals surface area contributed by atoms with Crippen molar-refractivity contribution in [2.24, 2.45) is 5.92 Å². The minimum absolute atomic E-state index is 0.201.